The fourth-order valence-electron chi connectivity index (χ4n) is 2.53. The molecule has 1 unspecified atom stereocenters. The van der Waals surface area contributed by atoms with Gasteiger partial charge in [0.15, 0.2) is 0 Å². The molecule has 0 amide bonds. The summed E-state index contributed by atoms with van der Waals surface area (Å²) >= 11 is 0. The normalized spacial score (nSPS) is 16.1. The number of hydrogen-bond donors (Lipinski definition) is 1. The maximum absolute atomic E-state index is 4.47. The maximum Gasteiger partial charge on any atom is 0.115 e. The highest BCUT2D eigenvalue weighted by Gasteiger charge is 2.18. The number of rotatable bonds is 5. The number of hydrogen-bond acceptors (Lipinski definition) is 3. The molecule has 3 heteroatoms. The van der Waals surface area contributed by atoms with Crippen molar-refractivity contribution in [2.45, 2.75) is 51.5 Å². The number of fused-ring (bicyclic) bond motifs is 1. The molecule has 1 heterocycles. The molecule has 1 N–H and O–H groups in total. The molecule has 0 saturated carbocycles. The summed E-state index contributed by atoms with van der Waals surface area (Å²) in [5.41, 5.74) is 3.99. The van der Waals surface area contributed by atoms with E-state index in [1.807, 2.05) is 7.05 Å². The van der Waals surface area contributed by atoms with E-state index in [1.165, 1.54) is 42.6 Å². The lowest BCUT2D eigenvalue weighted by Gasteiger charge is -2.16. The van der Waals surface area contributed by atoms with E-state index in [9.17, 15) is 0 Å². The van der Waals surface area contributed by atoms with Crippen molar-refractivity contribution in [2.75, 3.05) is 7.05 Å². The summed E-state index contributed by atoms with van der Waals surface area (Å²) in [5.74, 6) is 0. The van der Waals surface area contributed by atoms with Gasteiger partial charge < -0.3 is 5.32 Å². The summed E-state index contributed by atoms with van der Waals surface area (Å²) in [5, 5.41) is 3.38. The summed E-state index contributed by atoms with van der Waals surface area (Å²) in [6.45, 7) is 2.23. The second-order valence-electron chi connectivity index (χ2n) is 4.58. The minimum Gasteiger partial charge on any atom is -0.317 e. The number of nitrogens with zero attached hydrogens (tertiary/aromatic N) is 2. The van der Waals surface area contributed by atoms with E-state index in [0.717, 1.165) is 12.8 Å². The van der Waals surface area contributed by atoms with Crippen LogP contribution in [0.5, 0.6) is 0 Å². The molecule has 1 aliphatic rings. The van der Waals surface area contributed by atoms with Gasteiger partial charge in [0.05, 0.1) is 0 Å². The third kappa shape index (κ3) is 2.40. The van der Waals surface area contributed by atoms with Gasteiger partial charge in [0.2, 0.25) is 0 Å². The predicted octanol–water partition coefficient (Wildman–Crippen LogP) is 1.90. The molecular formula is C13H21N3. The monoisotopic (exact) mass is 219 g/mol. The minimum absolute atomic E-state index is 0.560. The summed E-state index contributed by atoms with van der Waals surface area (Å²) < 4.78 is 0. The SMILES string of the molecule is CCCC(Cc1ncnc2c1CCC2)NC. The van der Waals surface area contributed by atoms with Gasteiger partial charge in [-0.05, 0) is 38.3 Å². The van der Waals surface area contributed by atoms with Crippen molar-refractivity contribution in [1.82, 2.24) is 15.3 Å². The summed E-state index contributed by atoms with van der Waals surface area (Å²) in [6.07, 6.45) is 8.79. The van der Waals surface area contributed by atoms with Crippen molar-refractivity contribution in [1.29, 1.82) is 0 Å². The Bertz CT molecular complexity index is 349. The van der Waals surface area contributed by atoms with Gasteiger partial charge in [-0.25, -0.2) is 9.97 Å². The minimum atomic E-state index is 0.560. The first-order valence-corrected chi connectivity index (χ1v) is 6.34. The maximum atomic E-state index is 4.47. The Morgan fingerprint density at radius 2 is 2.25 bits per heavy atom. The van der Waals surface area contributed by atoms with Gasteiger partial charge in [-0.15, -0.1) is 0 Å². The zero-order valence-electron chi connectivity index (χ0n) is 10.3. The van der Waals surface area contributed by atoms with Crippen LogP contribution in [0, 0.1) is 0 Å². The smallest absolute Gasteiger partial charge is 0.115 e. The molecule has 1 aromatic rings. The Hall–Kier alpha value is -0.960. The van der Waals surface area contributed by atoms with Crippen LogP contribution >= 0.6 is 0 Å². The Balaban J connectivity index is 2.12. The van der Waals surface area contributed by atoms with Crippen LogP contribution in [0.3, 0.4) is 0 Å². The van der Waals surface area contributed by atoms with E-state index in [0.29, 0.717) is 6.04 Å². The average Bonchev–Trinajstić information content (AvgIpc) is 2.77. The summed E-state index contributed by atoms with van der Waals surface area (Å²) in [4.78, 5) is 8.84. The highest BCUT2D eigenvalue weighted by Crippen LogP contribution is 2.22. The van der Waals surface area contributed by atoms with Crippen LogP contribution in [0.4, 0.5) is 0 Å². The van der Waals surface area contributed by atoms with Crippen LogP contribution in [0.25, 0.3) is 0 Å². The largest absolute Gasteiger partial charge is 0.317 e. The van der Waals surface area contributed by atoms with Crippen LogP contribution in [0.15, 0.2) is 6.33 Å². The zero-order valence-corrected chi connectivity index (χ0v) is 10.3. The van der Waals surface area contributed by atoms with Crippen LogP contribution < -0.4 is 5.32 Å². The van der Waals surface area contributed by atoms with E-state index < -0.39 is 0 Å². The fourth-order valence-corrected chi connectivity index (χ4v) is 2.53. The molecule has 1 aliphatic carbocycles. The predicted molar refractivity (Wildman–Crippen MR) is 65.5 cm³/mol. The van der Waals surface area contributed by atoms with Gasteiger partial charge in [0.25, 0.3) is 0 Å². The topological polar surface area (TPSA) is 37.8 Å². The number of aryl methyl sites for hydroxylation is 1. The van der Waals surface area contributed by atoms with Gasteiger partial charge in [-0.2, -0.15) is 0 Å². The van der Waals surface area contributed by atoms with Gasteiger partial charge in [-0.1, -0.05) is 13.3 Å². The number of nitrogens with one attached hydrogen (secondary N) is 1. The molecule has 16 heavy (non-hydrogen) atoms. The van der Waals surface area contributed by atoms with Crippen molar-refractivity contribution in [3.05, 3.63) is 23.3 Å². The van der Waals surface area contributed by atoms with E-state index >= 15 is 0 Å². The lowest BCUT2D eigenvalue weighted by Crippen LogP contribution is -2.28. The second-order valence-corrected chi connectivity index (χ2v) is 4.58. The van der Waals surface area contributed by atoms with Crippen molar-refractivity contribution >= 4 is 0 Å². The molecule has 0 bridgehead atoms. The molecular weight excluding hydrogens is 198 g/mol. The molecule has 88 valence electrons. The second kappa shape index (κ2) is 5.39. The Morgan fingerprint density at radius 1 is 1.38 bits per heavy atom. The molecule has 0 spiro atoms. The first kappa shape index (κ1) is 11.5. The Morgan fingerprint density at radius 3 is 3.00 bits per heavy atom. The van der Waals surface area contributed by atoms with Gasteiger partial charge >= 0.3 is 0 Å². The Labute approximate surface area is 97.7 Å². The molecule has 0 aromatic carbocycles. The summed E-state index contributed by atoms with van der Waals surface area (Å²) in [7, 11) is 2.04. The van der Waals surface area contributed by atoms with Crippen molar-refractivity contribution in [2.24, 2.45) is 0 Å². The summed E-state index contributed by atoms with van der Waals surface area (Å²) in [6, 6.07) is 0.560. The van der Waals surface area contributed by atoms with Crippen LogP contribution in [0.2, 0.25) is 0 Å². The lowest BCUT2D eigenvalue weighted by atomic mass is 10.0. The lowest BCUT2D eigenvalue weighted by molar-refractivity contribution is 0.507. The van der Waals surface area contributed by atoms with Gasteiger partial charge in [0.1, 0.15) is 6.33 Å². The molecule has 3 nitrogen and oxygen atoms in total. The van der Waals surface area contributed by atoms with Crippen LogP contribution in [-0.2, 0) is 19.3 Å². The van der Waals surface area contributed by atoms with E-state index in [-0.39, 0.29) is 0 Å². The molecule has 0 aliphatic heterocycles. The fraction of sp³-hybridized carbons (Fsp3) is 0.692. The molecule has 1 aromatic heterocycles. The van der Waals surface area contributed by atoms with Gasteiger partial charge in [0, 0.05) is 23.9 Å². The highest BCUT2D eigenvalue weighted by molar-refractivity contribution is 5.29. The number of likely N-dealkylation sites (N-methyl/N-ethyl adjacent to an activating group) is 1. The molecule has 0 radical (unpaired) electrons. The molecule has 0 saturated heterocycles. The van der Waals surface area contributed by atoms with E-state index in [4.69, 9.17) is 0 Å². The van der Waals surface area contributed by atoms with E-state index in [1.54, 1.807) is 6.33 Å². The standard InChI is InChI=1S/C13H21N3/c1-3-5-10(14-2)8-13-11-6-4-7-12(11)15-9-16-13/h9-10,14H,3-8H2,1-2H3. The highest BCUT2D eigenvalue weighted by atomic mass is 14.9. The number of aromatic nitrogens is 2. The first-order valence-electron chi connectivity index (χ1n) is 6.34. The zero-order chi connectivity index (χ0) is 11.4. The average molecular weight is 219 g/mol. The van der Waals surface area contributed by atoms with Crippen LogP contribution in [0.1, 0.15) is 43.1 Å². The molecule has 0 fully saturated rings. The van der Waals surface area contributed by atoms with Crippen molar-refractivity contribution < 1.29 is 0 Å². The quantitative estimate of drug-likeness (QED) is 0.822. The van der Waals surface area contributed by atoms with Gasteiger partial charge in [-0.3, -0.25) is 0 Å². The first-order chi connectivity index (χ1) is 7.85. The Kier molecular flexibility index (Phi) is 3.88. The van der Waals surface area contributed by atoms with Crippen LogP contribution in [-0.4, -0.2) is 23.1 Å². The molecule has 1 atom stereocenters. The molecule has 2 rings (SSSR count). The van der Waals surface area contributed by atoms with E-state index in [2.05, 4.69) is 22.2 Å². The third-order valence-electron chi connectivity index (χ3n) is 3.45. The van der Waals surface area contributed by atoms with Crippen molar-refractivity contribution in [3.8, 4) is 0 Å². The third-order valence-corrected chi connectivity index (χ3v) is 3.45. The van der Waals surface area contributed by atoms with Crippen molar-refractivity contribution in [3.63, 3.8) is 0 Å².